The van der Waals surface area contributed by atoms with E-state index >= 15 is 0 Å². The second kappa shape index (κ2) is 12.0. The van der Waals surface area contributed by atoms with Crippen molar-refractivity contribution in [3.05, 3.63) is 46.5 Å². The number of carbonyl (C=O) groups excluding carboxylic acids is 2. The van der Waals surface area contributed by atoms with E-state index in [-0.39, 0.29) is 54.2 Å². The van der Waals surface area contributed by atoms with Gasteiger partial charge in [-0.15, -0.1) is 0 Å². The highest BCUT2D eigenvalue weighted by atomic mass is 35.5. The maximum atomic E-state index is 12.6. The van der Waals surface area contributed by atoms with Gasteiger partial charge in [0, 0.05) is 25.2 Å². The number of rotatable bonds is 4. The number of esters is 1. The van der Waals surface area contributed by atoms with Crippen molar-refractivity contribution in [2.75, 3.05) is 27.0 Å². The van der Waals surface area contributed by atoms with Crippen LogP contribution < -0.4 is 5.32 Å². The summed E-state index contributed by atoms with van der Waals surface area (Å²) in [5, 5.41) is 22.7. The van der Waals surface area contributed by atoms with Crippen LogP contribution in [0.15, 0.2) is 35.4 Å². The number of fused-ring (bicyclic) bond motifs is 1. The smallest absolute Gasteiger partial charge is 0.342 e. The molecule has 0 unspecified atom stereocenters. The van der Waals surface area contributed by atoms with E-state index in [2.05, 4.69) is 10.3 Å². The first-order chi connectivity index (χ1) is 14.4. The van der Waals surface area contributed by atoms with E-state index < -0.39 is 11.7 Å². The van der Waals surface area contributed by atoms with Crippen LogP contribution in [0.5, 0.6) is 11.5 Å². The number of nitrogens with zero attached hydrogens (tertiary/aromatic N) is 1. The van der Waals surface area contributed by atoms with Gasteiger partial charge in [0.1, 0.15) is 30.4 Å². The van der Waals surface area contributed by atoms with Gasteiger partial charge in [-0.05, 0) is 30.9 Å². The summed E-state index contributed by atoms with van der Waals surface area (Å²) in [6.45, 7) is -0.0843. The molecule has 0 saturated carbocycles. The first-order valence-corrected chi connectivity index (χ1v) is 9.85. The number of hydrogen-bond acceptors (Lipinski definition) is 7. The third kappa shape index (κ3) is 6.89. The molecule has 30 heavy (non-hydrogen) atoms. The number of aliphatic imine (C=N–C) groups is 1. The first-order valence-electron chi connectivity index (χ1n) is 9.47. The Kier molecular flexibility index (Phi) is 9.37. The average molecular weight is 437 g/mol. The number of allylic oxidation sites excluding steroid dienone is 3. The van der Waals surface area contributed by atoms with Gasteiger partial charge in [0.25, 0.3) is 0 Å². The van der Waals surface area contributed by atoms with E-state index in [4.69, 9.17) is 21.1 Å². The maximum absolute atomic E-state index is 12.6. The van der Waals surface area contributed by atoms with Crippen LogP contribution in [0.1, 0.15) is 35.2 Å². The quantitative estimate of drug-likeness (QED) is 0.379. The molecule has 1 aromatic carbocycles. The molecule has 1 aliphatic heterocycles. The highest BCUT2D eigenvalue weighted by Crippen LogP contribution is 2.37. The highest BCUT2D eigenvalue weighted by Gasteiger charge is 2.24. The summed E-state index contributed by atoms with van der Waals surface area (Å²) in [4.78, 5) is 28.1. The van der Waals surface area contributed by atoms with Crippen LogP contribution in [-0.2, 0) is 20.7 Å². The molecule has 1 heterocycles. The number of aromatic hydroxyl groups is 2. The highest BCUT2D eigenvalue weighted by molar-refractivity contribution is 6.33. The van der Waals surface area contributed by atoms with Crippen molar-refractivity contribution in [1.82, 2.24) is 5.32 Å². The Bertz CT molecular complexity index is 864. The Morgan fingerprint density at radius 1 is 1.23 bits per heavy atom. The van der Waals surface area contributed by atoms with E-state index in [9.17, 15) is 19.8 Å². The number of hydrogen-bond donors (Lipinski definition) is 3. The Labute approximate surface area is 179 Å². The fourth-order valence-corrected chi connectivity index (χ4v) is 2.92. The zero-order chi connectivity index (χ0) is 21.9. The molecule has 162 valence electrons. The number of benzene rings is 1. The predicted octanol–water partition coefficient (Wildman–Crippen LogP) is 2.91. The Balaban J connectivity index is 2.38. The molecule has 0 radical (unpaired) electrons. The van der Waals surface area contributed by atoms with Crippen LogP contribution in [0.25, 0.3) is 0 Å². The largest absolute Gasteiger partial charge is 0.507 e. The van der Waals surface area contributed by atoms with Crippen molar-refractivity contribution in [1.29, 1.82) is 0 Å². The lowest BCUT2D eigenvalue weighted by Crippen LogP contribution is -2.23. The molecule has 1 aromatic rings. The van der Waals surface area contributed by atoms with E-state index in [0.29, 0.717) is 12.1 Å². The Morgan fingerprint density at radius 2 is 1.97 bits per heavy atom. The van der Waals surface area contributed by atoms with Gasteiger partial charge in [-0.25, -0.2) is 4.79 Å². The molecule has 1 amide bonds. The number of ether oxygens (including phenoxy) is 2. The van der Waals surface area contributed by atoms with Crippen LogP contribution in [0, 0.1) is 0 Å². The van der Waals surface area contributed by atoms with Crippen molar-refractivity contribution < 1.29 is 29.3 Å². The molecule has 3 N–H and O–H groups in total. The summed E-state index contributed by atoms with van der Waals surface area (Å²) >= 11 is 6.24. The topological polar surface area (TPSA) is 117 Å². The lowest BCUT2D eigenvalue weighted by Gasteiger charge is -2.15. The number of nitrogens with one attached hydrogen (secondary N) is 1. The summed E-state index contributed by atoms with van der Waals surface area (Å²) in [5.41, 5.74) is 0.571. The van der Waals surface area contributed by atoms with Gasteiger partial charge in [0.15, 0.2) is 0 Å². The van der Waals surface area contributed by atoms with Crippen LogP contribution >= 0.6 is 11.6 Å². The number of phenols is 2. The van der Waals surface area contributed by atoms with Gasteiger partial charge < -0.3 is 25.0 Å². The van der Waals surface area contributed by atoms with Gasteiger partial charge in [0.2, 0.25) is 5.91 Å². The monoisotopic (exact) mass is 436 g/mol. The second-order valence-corrected chi connectivity index (χ2v) is 6.81. The SMILES string of the molecule is CNC(=O)COC/N=C1\C=C\CC/C=C/CCOC(=O)c2c(O)cc(O)c(Cl)c2C1. The van der Waals surface area contributed by atoms with Crippen molar-refractivity contribution in [2.24, 2.45) is 4.99 Å². The number of cyclic esters (lactones) is 1. The summed E-state index contributed by atoms with van der Waals surface area (Å²) in [5.74, 6) is -1.81. The van der Waals surface area contributed by atoms with Gasteiger partial charge in [-0.3, -0.25) is 9.79 Å². The second-order valence-electron chi connectivity index (χ2n) is 6.44. The molecule has 0 aliphatic carbocycles. The van der Waals surface area contributed by atoms with Crippen LogP contribution in [-0.4, -0.2) is 54.8 Å². The first kappa shape index (κ1) is 23.4. The third-order valence-corrected chi connectivity index (χ3v) is 4.67. The van der Waals surface area contributed by atoms with Gasteiger partial charge >= 0.3 is 5.97 Å². The minimum atomic E-state index is -0.742. The number of carbonyl (C=O) groups is 2. The normalized spacial score (nSPS) is 18.7. The lowest BCUT2D eigenvalue weighted by atomic mass is 9.99. The summed E-state index contributed by atoms with van der Waals surface area (Å²) in [6, 6.07) is 1.00. The van der Waals surface area contributed by atoms with Crippen molar-refractivity contribution in [2.45, 2.75) is 25.7 Å². The molecule has 0 bridgehead atoms. The van der Waals surface area contributed by atoms with Gasteiger partial charge in [-0.1, -0.05) is 29.8 Å². The van der Waals surface area contributed by atoms with Crippen LogP contribution in [0.4, 0.5) is 0 Å². The zero-order valence-corrected chi connectivity index (χ0v) is 17.4. The summed E-state index contributed by atoms with van der Waals surface area (Å²) in [7, 11) is 1.50. The number of amides is 1. The Hall–Kier alpha value is -2.84. The molecule has 0 fully saturated rings. The number of phenolic OH excluding ortho intramolecular Hbond substituents is 2. The molecule has 0 saturated heterocycles. The lowest BCUT2D eigenvalue weighted by molar-refractivity contribution is -0.125. The van der Waals surface area contributed by atoms with Gasteiger partial charge in [-0.2, -0.15) is 0 Å². The Morgan fingerprint density at radius 3 is 2.73 bits per heavy atom. The predicted molar refractivity (Wildman–Crippen MR) is 113 cm³/mol. The molecule has 1 aliphatic rings. The number of likely N-dealkylation sites (N-methyl/N-ethyl adjacent to an activating group) is 1. The summed E-state index contributed by atoms with van der Waals surface area (Å²) < 4.78 is 10.5. The van der Waals surface area contributed by atoms with Crippen molar-refractivity contribution >= 4 is 29.2 Å². The van der Waals surface area contributed by atoms with Crippen LogP contribution in [0.3, 0.4) is 0 Å². The standard InChI is InChI=1S/C21H25ClN2O6/c1-23-18(27)12-29-13-24-14-8-6-4-2-3-5-7-9-30-21(28)19-15(10-14)20(22)17(26)11-16(19)25/h3,5-6,8,11,25-26H,2,4,7,9-10,12-13H2,1H3,(H,23,27)/b5-3+,8-6+,24-14+. The van der Waals surface area contributed by atoms with Gasteiger partial charge in [0.05, 0.1) is 11.6 Å². The molecule has 9 heteroatoms. The molecule has 0 spiro atoms. The van der Waals surface area contributed by atoms with E-state index in [0.717, 1.165) is 18.9 Å². The van der Waals surface area contributed by atoms with E-state index in [1.807, 2.05) is 18.2 Å². The van der Waals surface area contributed by atoms with Crippen LogP contribution in [0.2, 0.25) is 5.02 Å². The molecule has 0 atom stereocenters. The fraction of sp³-hybridized carbons (Fsp3) is 0.381. The molecule has 8 nitrogen and oxygen atoms in total. The van der Waals surface area contributed by atoms with E-state index in [1.54, 1.807) is 6.08 Å². The van der Waals surface area contributed by atoms with E-state index in [1.165, 1.54) is 7.05 Å². The molecule has 0 aromatic heterocycles. The molecule has 2 rings (SSSR count). The van der Waals surface area contributed by atoms with Crippen molar-refractivity contribution in [3.63, 3.8) is 0 Å². The zero-order valence-electron chi connectivity index (χ0n) is 16.7. The average Bonchev–Trinajstić information content (AvgIpc) is 2.72. The molecular weight excluding hydrogens is 412 g/mol. The minimum absolute atomic E-state index is 0.0426. The third-order valence-electron chi connectivity index (χ3n) is 4.25. The summed E-state index contributed by atoms with van der Waals surface area (Å²) in [6.07, 6.45) is 9.75. The van der Waals surface area contributed by atoms with Crippen molar-refractivity contribution in [3.8, 4) is 11.5 Å². The minimum Gasteiger partial charge on any atom is -0.507 e. The molecular formula is C21H25ClN2O6. The fourth-order valence-electron chi connectivity index (χ4n) is 2.70. The maximum Gasteiger partial charge on any atom is 0.342 e. The number of halogens is 1.